The van der Waals surface area contributed by atoms with E-state index in [1.54, 1.807) is 0 Å². The first-order valence-electron chi connectivity index (χ1n) is 7.67. The molecule has 1 saturated heterocycles. The number of nitrogens with one attached hydrogen (secondary N) is 3. The van der Waals surface area contributed by atoms with Crippen LogP contribution in [0.15, 0.2) is 18.2 Å². The third-order valence-electron chi connectivity index (χ3n) is 4.17. The second-order valence-electron chi connectivity index (χ2n) is 5.80. The van der Waals surface area contributed by atoms with Gasteiger partial charge in [-0.1, -0.05) is 0 Å². The number of hydrogen-bond acceptors (Lipinski definition) is 3. The Morgan fingerprint density at radius 1 is 1.32 bits per heavy atom. The highest BCUT2D eigenvalue weighted by Crippen LogP contribution is 2.25. The van der Waals surface area contributed by atoms with Gasteiger partial charge < -0.3 is 16.0 Å². The van der Waals surface area contributed by atoms with E-state index in [0.29, 0.717) is 18.9 Å². The highest BCUT2D eigenvalue weighted by molar-refractivity contribution is 5.95. The SMILES string of the molecule is Cl.O=C(CCC1CCCN1)Nc1ccc2c(c1)CCC(=O)N2. The number of benzene rings is 1. The quantitative estimate of drug-likeness (QED) is 0.797. The fourth-order valence-corrected chi connectivity index (χ4v) is 2.99. The molecule has 2 heterocycles. The molecule has 5 nitrogen and oxygen atoms in total. The minimum atomic E-state index is 0. The number of halogens is 1. The van der Waals surface area contributed by atoms with Gasteiger partial charge >= 0.3 is 0 Å². The molecule has 0 aliphatic carbocycles. The van der Waals surface area contributed by atoms with Gasteiger partial charge in [-0.25, -0.2) is 0 Å². The molecule has 0 saturated carbocycles. The van der Waals surface area contributed by atoms with E-state index in [4.69, 9.17) is 0 Å². The summed E-state index contributed by atoms with van der Waals surface area (Å²) < 4.78 is 0. The Balaban J connectivity index is 0.00000176. The van der Waals surface area contributed by atoms with E-state index in [-0.39, 0.29) is 24.2 Å². The van der Waals surface area contributed by atoms with E-state index in [0.717, 1.165) is 36.3 Å². The van der Waals surface area contributed by atoms with Crippen LogP contribution in [0.25, 0.3) is 0 Å². The van der Waals surface area contributed by atoms with Crippen molar-refractivity contribution in [2.45, 2.75) is 44.6 Å². The van der Waals surface area contributed by atoms with Crippen molar-refractivity contribution in [1.82, 2.24) is 5.32 Å². The summed E-state index contributed by atoms with van der Waals surface area (Å²) in [7, 11) is 0. The van der Waals surface area contributed by atoms with E-state index in [1.807, 2.05) is 18.2 Å². The zero-order chi connectivity index (χ0) is 14.7. The maximum atomic E-state index is 12.0. The normalized spacial score (nSPS) is 19.8. The number of rotatable bonds is 4. The largest absolute Gasteiger partial charge is 0.326 e. The van der Waals surface area contributed by atoms with Gasteiger partial charge in [0, 0.05) is 30.3 Å². The molecule has 1 atom stereocenters. The summed E-state index contributed by atoms with van der Waals surface area (Å²) in [5.74, 6) is 0.117. The molecule has 0 radical (unpaired) electrons. The van der Waals surface area contributed by atoms with Gasteiger partial charge in [0.25, 0.3) is 0 Å². The highest BCUT2D eigenvalue weighted by atomic mass is 35.5. The minimum absolute atomic E-state index is 0. The summed E-state index contributed by atoms with van der Waals surface area (Å²) in [6.07, 6.45) is 5.07. The third-order valence-corrected chi connectivity index (χ3v) is 4.17. The van der Waals surface area contributed by atoms with Crippen molar-refractivity contribution in [3.63, 3.8) is 0 Å². The number of hydrogen-bond donors (Lipinski definition) is 3. The average molecular weight is 324 g/mol. The van der Waals surface area contributed by atoms with Crippen LogP contribution in [0, 0.1) is 0 Å². The molecule has 3 rings (SSSR count). The lowest BCUT2D eigenvalue weighted by Gasteiger charge is -2.18. The maximum absolute atomic E-state index is 12.0. The molecule has 2 amide bonds. The van der Waals surface area contributed by atoms with Crippen LogP contribution < -0.4 is 16.0 Å². The Morgan fingerprint density at radius 3 is 2.95 bits per heavy atom. The standard InChI is InChI=1S/C16H21N3O2.ClH/c20-15(8-5-12-2-1-9-17-12)18-13-4-6-14-11(10-13)3-7-16(21)19-14;/h4,6,10,12,17H,1-3,5,7-9H2,(H,18,20)(H,19,21);1H. The zero-order valence-corrected chi connectivity index (χ0v) is 13.3. The predicted molar refractivity (Wildman–Crippen MR) is 89.5 cm³/mol. The Morgan fingerprint density at radius 2 is 2.18 bits per heavy atom. The van der Waals surface area contributed by atoms with Crippen LogP contribution in [0.5, 0.6) is 0 Å². The number of aryl methyl sites for hydroxylation is 1. The first-order valence-corrected chi connectivity index (χ1v) is 7.67. The molecule has 0 aromatic heterocycles. The van der Waals surface area contributed by atoms with Crippen LogP contribution >= 0.6 is 12.4 Å². The minimum Gasteiger partial charge on any atom is -0.326 e. The van der Waals surface area contributed by atoms with Crippen LogP contribution in [-0.4, -0.2) is 24.4 Å². The Bertz CT molecular complexity index is 556. The molecule has 0 spiro atoms. The van der Waals surface area contributed by atoms with E-state index in [1.165, 1.54) is 12.8 Å². The Hall–Kier alpha value is -1.59. The van der Waals surface area contributed by atoms with Gasteiger partial charge in [0.2, 0.25) is 11.8 Å². The zero-order valence-electron chi connectivity index (χ0n) is 12.5. The molecule has 120 valence electrons. The summed E-state index contributed by atoms with van der Waals surface area (Å²) >= 11 is 0. The number of anilines is 2. The smallest absolute Gasteiger partial charge is 0.224 e. The number of carbonyl (C=O) groups is 2. The van der Waals surface area contributed by atoms with Crippen LogP contribution in [0.2, 0.25) is 0 Å². The fourth-order valence-electron chi connectivity index (χ4n) is 2.99. The van der Waals surface area contributed by atoms with Gasteiger partial charge in [-0.2, -0.15) is 0 Å². The Labute approximate surface area is 136 Å². The Kier molecular flexibility index (Phi) is 5.80. The molecule has 6 heteroatoms. The van der Waals surface area contributed by atoms with Crippen molar-refractivity contribution in [3.8, 4) is 0 Å². The van der Waals surface area contributed by atoms with Crippen LogP contribution in [0.3, 0.4) is 0 Å². The second kappa shape index (κ2) is 7.61. The molecular formula is C16H22ClN3O2. The number of amides is 2. The van der Waals surface area contributed by atoms with Gasteiger partial charge in [0.15, 0.2) is 0 Å². The monoisotopic (exact) mass is 323 g/mol. The van der Waals surface area contributed by atoms with Crippen LogP contribution in [-0.2, 0) is 16.0 Å². The second-order valence-corrected chi connectivity index (χ2v) is 5.80. The van der Waals surface area contributed by atoms with Gasteiger partial charge in [-0.15, -0.1) is 12.4 Å². The molecule has 1 aromatic rings. The van der Waals surface area contributed by atoms with Crippen molar-refractivity contribution < 1.29 is 9.59 Å². The van der Waals surface area contributed by atoms with Crippen molar-refractivity contribution >= 4 is 35.6 Å². The lowest BCUT2D eigenvalue weighted by Crippen LogP contribution is -2.23. The molecule has 0 bridgehead atoms. The molecule has 1 aromatic carbocycles. The average Bonchev–Trinajstić information content (AvgIpc) is 2.99. The van der Waals surface area contributed by atoms with Crippen molar-refractivity contribution in [2.75, 3.05) is 17.2 Å². The fraction of sp³-hybridized carbons (Fsp3) is 0.500. The molecule has 2 aliphatic heterocycles. The van der Waals surface area contributed by atoms with Crippen molar-refractivity contribution in [3.05, 3.63) is 23.8 Å². The summed E-state index contributed by atoms with van der Waals surface area (Å²) in [5, 5.41) is 9.19. The predicted octanol–water partition coefficient (Wildman–Crippen LogP) is 2.46. The van der Waals surface area contributed by atoms with Gasteiger partial charge in [-0.05, 0) is 56.0 Å². The van der Waals surface area contributed by atoms with Gasteiger partial charge in [0.1, 0.15) is 0 Å². The maximum Gasteiger partial charge on any atom is 0.224 e. The molecule has 1 fully saturated rings. The molecular weight excluding hydrogens is 302 g/mol. The van der Waals surface area contributed by atoms with Gasteiger partial charge in [-0.3, -0.25) is 9.59 Å². The van der Waals surface area contributed by atoms with Crippen molar-refractivity contribution in [2.24, 2.45) is 0 Å². The van der Waals surface area contributed by atoms with Crippen molar-refractivity contribution in [1.29, 1.82) is 0 Å². The summed E-state index contributed by atoms with van der Waals surface area (Å²) in [6.45, 7) is 1.07. The first kappa shape index (κ1) is 16.8. The third kappa shape index (κ3) is 4.21. The summed E-state index contributed by atoms with van der Waals surface area (Å²) in [4.78, 5) is 23.3. The molecule has 1 unspecified atom stereocenters. The molecule has 22 heavy (non-hydrogen) atoms. The first-order chi connectivity index (χ1) is 10.2. The molecule has 3 N–H and O–H groups in total. The molecule has 2 aliphatic rings. The van der Waals surface area contributed by atoms with Gasteiger partial charge in [0.05, 0.1) is 0 Å². The van der Waals surface area contributed by atoms with E-state index in [9.17, 15) is 9.59 Å². The van der Waals surface area contributed by atoms with Crippen LogP contribution in [0.4, 0.5) is 11.4 Å². The number of fused-ring (bicyclic) bond motifs is 1. The van der Waals surface area contributed by atoms with E-state index in [2.05, 4.69) is 16.0 Å². The van der Waals surface area contributed by atoms with Crippen LogP contribution in [0.1, 0.15) is 37.7 Å². The highest BCUT2D eigenvalue weighted by Gasteiger charge is 2.17. The lowest BCUT2D eigenvalue weighted by molar-refractivity contribution is -0.117. The summed E-state index contributed by atoms with van der Waals surface area (Å²) in [5.41, 5.74) is 2.76. The van der Waals surface area contributed by atoms with E-state index < -0.39 is 0 Å². The van der Waals surface area contributed by atoms with E-state index >= 15 is 0 Å². The number of carbonyl (C=O) groups excluding carboxylic acids is 2. The topological polar surface area (TPSA) is 70.2 Å². The lowest BCUT2D eigenvalue weighted by atomic mass is 10.0. The summed E-state index contributed by atoms with van der Waals surface area (Å²) in [6, 6.07) is 6.16.